The van der Waals surface area contributed by atoms with Gasteiger partial charge in [-0.1, -0.05) is 33.1 Å². The Balaban J connectivity index is 2.85. The number of carbonyl (C=O) groups excluding carboxylic acids is 2. The van der Waals surface area contributed by atoms with E-state index in [0.717, 1.165) is 19.3 Å². The lowest BCUT2D eigenvalue weighted by Crippen LogP contribution is -2.51. The lowest BCUT2D eigenvalue weighted by molar-refractivity contribution is -0.197. The summed E-state index contributed by atoms with van der Waals surface area (Å²) in [5.41, 5.74) is 5.28. The molecule has 0 bridgehead atoms. The molecule has 1 aliphatic rings. The van der Waals surface area contributed by atoms with E-state index in [4.69, 9.17) is 15.2 Å². The first-order valence-corrected chi connectivity index (χ1v) is 8.03. The monoisotopic (exact) mass is 329 g/mol. The highest BCUT2D eigenvalue weighted by Crippen LogP contribution is 2.42. The molecule has 0 aromatic heterocycles. The first-order valence-electron chi connectivity index (χ1n) is 8.03. The van der Waals surface area contributed by atoms with E-state index in [2.05, 4.69) is 0 Å². The molecule has 1 aliphatic carbocycles. The van der Waals surface area contributed by atoms with E-state index in [-0.39, 0.29) is 12.3 Å². The predicted molar refractivity (Wildman–Crippen MR) is 82.2 cm³/mol. The van der Waals surface area contributed by atoms with Crippen molar-refractivity contribution in [3.8, 4) is 0 Å². The number of nitrogens with two attached hydrogens (primary N) is 1. The normalized spacial score (nSPS) is 19.7. The third kappa shape index (κ3) is 5.49. The van der Waals surface area contributed by atoms with Crippen LogP contribution in [0.2, 0.25) is 0 Å². The van der Waals surface area contributed by atoms with Gasteiger partial charge in [0.15, 0.2) is 0 Å². The van der Waals surface area contributed by atoms with Crippen molar-refractivity contribution in [2.45, 2.75) is 71.6 Å². The van der Waals surface area contributed by atoms with Crippen LogP contribution < -0.4 is 5.73 Å². The Morgan fingerprint density at radius 3 is 2.13 bits per heavy atom. The number of rotatable bonds is 7. The standard InChI is InChI=1S/C16H27NO6/c1-10(2)15(22-11(3)18)23-14(21)13(17)16(9-12(19)20)7-5-4-6-8-16/h10,13,15H,4-9,17H2,1-3H3,(H,19,20). The second-order valence-corrected chi connectivity index (χ2v) is 6.63. The van der Waals surface area contributed by atoms with Crippen molar-refractivity contribution >= 4 is 17.9 Å². The summed E-state index contributed by atoms with van der Waals surface area (Å²) in [4.78, 5) is 34.7. The van der Waals surface area contributed by atoms with Gasteiger partial charge in [-0.05, 0) is 12.8 Å². The van der Waals surface area contributed by atoms with Crippen molar-refractivity contribution in [2.75, 3.05) is 0 Å². The van der Waals surface area contributed by atoms with E-state index in [1.54, 1.807) is 13.8 Å². The molecule has 0 aliphatic heterocycles. The zero-order chi connectivity index (χ0) is 17.6. The molecule has 3 N–H and O–H groups in total. The fourth-order valence-electron chi connectivity index (χ4n) is 3.05. The second kappa shape index (κ2) is 8.29. The van der Waals surface area contributed by atoms with Crippen LogP contribution in [0.3, 0.4) is 0 Å². The van der Waals surface area contributed by atoms with Gasteiger partial charge in [0.25, 0.3) is 0 Å². The molecule has 0 radical (unpaired) electrons. The maximum Gasteiger partial charge on any atom is 0.326 e. The SMILES string of the molecule is CC(=O)OC(OC(=O)C(N)C1(CC(=O)O)CCCCC1)C(C)C. The Labute approximate surface area is 136 Å². The maximum absolute atomic E-state index is 12.4. The first-order chi connectivity index (χ1) is 10.7. The number of hydrogen-bond acceptors (Lipinski definition) is 6. The molecular formula is C16H27NO6. The van der Waals surface area contributed by atoms with Gasteiger partial charge < -0.3 is 20.3 Å². The molecule has 7 nitrogen and oxygen atoms in total. The average molecular weight is 329 g/mol. The largest absolute Gasteiger partial charge is 0.481 e. The van der Waals surface area contributed by atoms with Crippen LogP contribution in [0.4, 0.5) is 0 Å². The zero-order valence-corrected chi connectivity index (χ0v) is 14.0. The number of carboxylic acids is 1. The Morgan fingerprint density at radius 2 is 1.70 bits per heavy atom. The van der Waals surface area contributed by atoms with Crippen molar-refractivity contribution in [3.05, 3.63) is 0 Å². The van der Waals surface area contributed by atoms with Crippen LogP contribution in [0.15, 0.2) is 0 Å². The molecule has 0 spiro atoms. The van der Waals surface area contributed by atoms with E-state index in [0.29, 0.717) is 12.8 Å². The second-order valence-electron chi connectivity index (χ2n) is 6.63. The number of hydrogen-bond donors (Lipinski definition) is 2. The Morgan fingerprint density at radius 1 is 1.13 bits per heavy atom. The molecule has 1 fully saturated rings. The first kappa shape index (κ1) is 19.4. The molecular weight excluding hydrogens is 302 g/mol. The van der Waals surface area contributed by atoms with Crippen molar-refractivity contribution < 1.29 is 29.0 Å². The molecule has 132 valence electrons. The molecule has 0 heterocycles. The van der Waals surface area contributed by atoms with Crippen LogP contribution in [-0.4, -0.2) is 35.3 Å². The van der Waals surface area contributed by atoms with Crippen LogP contribution in [0.5, 0.6) is 0 Å². The molecule has 1 rings (SSSR count). The molecule has 0 aromatic carbocycles. The molecule has 2 unspecified atom stereocenters. The van der Waals surface area contributed by atoms with E-state index >= 15 is 0 Å². The summed E-state index contributed by atoms with van der Waals surface area (Å²) in [6, 6.07) is -1.05. The molecule has 0 amide bonds. The Bertz CT molecular complexity index is 442. The molecule has 7 heteroatoms. The van der Waals surface area contributed by atoms with E-state index in [1.165, 1.54) is 6.92 Å². The van der Waals surface area contributed by atoms with Crippen LogP contribution in [-0.2, 0) is 23.9 Å². The van der Waals surface area contributed by atoms with Gasteiger partial charge in [0.05, 0.1) is 6.42 Å². The van der Waals surface area contributed by atoms with Crippen LogP contribution >= 0.6 is 0 Å². The van der Waals surface area contributed by atoms with E-state index in [1.807, 2.05) is 0 Å². The van der Waals surface area contributed by atoms with Gasteiger partial charge in [-0.3, -0.25) is 14.4 Å². The fraction of sp³-hybridized carbons (Fsp3) is 0.812. The molecule has 23 heavy (non-hydrogen) atoms. The van der Waals surface area contributed by atoms with Crippen LogP contribution in [0.1, 0.15) is 59.3 Å². The Kier molecular flexibility index (Phi) is 7.00. The smallest absolute Gasteiger partial charge is 0.326 e. The molecule has 0 aromatic rings. The fourth-order valence-corrected chi connectivity index (χ4v) is 3.05. The molecule has 0 saturated heterocycles. The molecule has 1 saturated carbocycles. The number of esters is 2. The van der Waals surface area contributed by atoms with Crippen molar-refractivity contribution in [1.29, 1.82) is 0 Å². The molecule has 2 atom stereocenters. The van der Waals surface area contributed by atoms with Crippen molar-refractivity contribution in [2.24, 2.45) is 17.1 Å². The summed E-state index contributed by atoms with van der Waals surface area (Å²) in [7, 11) is 0. The van der Waals surface area contributed by atoms with Gasteiger partial charge in [0.1, 0.15) is 6.04 Å². The third-order valence-electron chi connectivity index (χ3n) is 4.33. The third-order valence-corrected chi connectivity index (χ3v) is 4.33. The van der Waals surface area contributed by atoms with Crippen LogP contribution in [0.25, 0.3) is 0 Å². The van der Waals surface area contributed by atoms with Crippen molar-refractivity contribution in [1.82, 2.24) is 0 Å². The van der Waals surface area contributed by atoms with E-state index in [9.17, 15) is 19.5 Å². The highest BCUT2D eigenvalue weighted by Gasteiger charge is 2.45. The number of carbonyl (C=O) groups is 3. The van der Waals surface area contributed by atoms with Gasteiger partial charge in [0.2, 0.25) is 6.29 Å². The number of carboxylic acid groups (broad SMARTS) is 1. The van der Waals surface area contributed by atoms with E-state index < -0.39 is 35.7 Å². The number of aliphatic carboxylic acids is 1. The average Bonchev–Trinajstić information content (AvgIpc) is 2.45. The summed E-state index contributed by atoms with van der Waals surface area (Å²) < 4.78 is 10.2. The lowest BCUT2D eigenvalue weighted by atomic mass is 9.67. The van der Waals surface area contributed by atoms with Gasteiger partial charge >= 0.3 is 17.9 Å². The minimum absolute atomic E-state index is 0.164. The summed E-state index contributed by atoms with van der Waals surface area (Å²) >= 11 is 0. The zero-order valence-electron chi connectivity index (χ0n) is 14.0. The van der Waals surface area contributed by atoms with Gasteiger partial charge in [-0.25, -0.2) is 0 Å². The van der Waals surface area contributed by atoms with Gasteiger partial charge in [-0.15, -0.1) is 0 Å². The summed E-state index contributed by atoms with van der Waals surface area (Å²) in [6.07, 6.45) is 2.66. The highest BCUT2D eigenvalue weighted by atomic mass is 16.7. The van der Waals surface area contributed by atoms with Gasteiger partial charge in [0, 0.05) is 18.3 Å². The van der Waals surface area contributed by atoms with Gasteiger partial charge in [-0.2, -0.15) is 0 Å². The topological polar surface area (TPSA) is 116 Å². The summed E-state index contributed by atoms with van der Waals surface area (Å²) in [6.45, 7) is 4.73. The highest BCUT2D eigenvalue weighted by molar-refractivity contribution is 5.79. The minimum atomic E-state index is -1.05. The predicted octanol–water partition coefficient (Wildman–Crippen LogP) is 1.83. The lowest BCUT2D eigenvalue weighted by Gasteiger charge is -2.40. The maximum atomic E-state index is 12.4. The summed E-state index contributed by atoms with van der Waals surface area (Å²) in [5.74, 6) is -2.47. The van der Waals surface area contributed by atoms with Crippen LogP contribution in [0, 0.1) is 11.3 Å². The quantitative estimate of drug-likeness (QED) is 0.540. The Hall–Kier alpha value is -1.63. The summed E-state index contributed by atoms with van der Waals surface area (Å²) in [5, 5.41) is 9.17. The van der Waals surface area contributed by atoms with Crippen molar-refractivity contribution in [3.63, 3.8) is 0 Å². The number of ether oxygens (including phenoxy) is 2. The minimum Gasteiger partial charge on any atom is -0.481 e.